The van der Waals surface area contributed by atoms with E-state index in [1.807, 2.05) is 20.0 Å². The summed E-state index contributed by atoms with van der Waals surface area (Å²) >= 11 is 0. The molecule has 2 aliphatic carbocycles. The molecule has 2 fully saturated rings. The lowest BCUT2D eigenvalue weighted by atomic mass is 9.81. The highest BCUT2D eigenvalue weighted by molar-refractivity contribution is 6.05. The molecular formula is C25H30FN5O4. The molecule has 0 radical (unpaired) electrons. The SMILES string of the molecule is CC(C)Oc1nc2nc(C3CCC(CO)CC3)cn2cc1C(=O)Nc1cccn(C2CC2F)c1=O. The van der Waals surface area contributed by atoms with Gasteiger partial charge in [0.15, 0.2) is 0 Å². The molecule has 9 nitrogen and oxygen atoms in total. The molecule has 3 aromatic rings. The minimum Gasteiger partial charge on any atom is -0.474 e. The molecule has 0 aromatic carbocycles. The van der Waals surface area contributed by atoms with Gasteiger partial charge in [-0.25, -0.2) is 9.37 Å². The zero-order valence-electron chi connectivity index (χ0n) is 19.9. The van der Waals surface area contributed by atoms with E-state index in [2.05, 4.69) is 15.3 Å². The van der Waals surface area contributed by atoms with E-state index in [9.17, 15) is 19.1 Å². The summed E-state index contributed by atoms with van der Waals surface area (Å²) in [5.41, 5.74) is 0.691. The van der Waals surface area contributed by atoms with Crippen molar-refractivity contribution in [1.82, 2.24) is 18.9 Å². The van der Waals surface area contributed by atoms with Crippen LogP contribution in [0.25, 0.3) is 5.78 Å². The van der Waals surface area contributed by atoms with Crippen LogP contribution in [0.5, 0.6) is 5.88 Å². The fourth-order valence-corrected chi connectivity index (χ4v) is 4.73. The van der Waals surface area contributed by atoms with Crippen molar-refractivity contribution in [3.8, 4) is 5.88 Å². The minimum atomic E-state index is -1.04. The van der Waals surface area contributed by atoms with E-state index in [0.717, 1.165) is 31.4 Å². The van der Waals surface area contributed by atoms with Crippen LogP contribution in [0, 0.1) is 5.92 Å². The number of hydrogen-bond donors (Lipinski definition) is 2. The Labute approximate surface area is 202 Å². The molecule has 10 heteroatoms. The Morgan fingerprint density at radius 1 is 1.26 bits per heavy atom. The topological polar surface area (TPSA) is 111 Å². The molecule has 0 saturated heterocycles. The second kappa shape index (κ2) is 9.41. The standard InChI is InChI=1S/C25H30FN5O4/c1-14(2)35-23-17(22(33)27-19-4-3-9-31(24(19)34)21-10-18(21)26)11-30-12-20(28-25(30)29-23)16-7-5-15(13-32)6-8-16/h3-4,9,11-12,14-16,18,21,32H,5-8,10,13H2,1-2H3,(H,27,33). The van der Waals surface area contributed by atoms with E-state index in [-0.39, 0.29) is 35.8 Å². The number of nitrogens with zero attached hydrogens (tertiary/aromatic N) is 4. The predicted octanol–water partition coefficient (Wildman–Crippen LogP) is 3.48. The third-order valence-corrected chi connectivity index (χ3v) is 6.81. The first kappa shape index (κ1) is 23.5. The molecule has 2 saturated carbocycles. The number of anilines is 1. The Kier molecular flexibility index (Phi) is 6.31. The number of aliphatic hydroxyl groups is 1. The molecule has 1 amide bonds. The van der Waals surface area contributed by atoms with Gasteiger partial charge in [0.05, 0.1) is 17.8 Å². The fourth-order valence-electron chi connectivity index (χ4n) is 4.73. The summed E-state index contributed by atoms with van der Waals surface area (Å²) in [6.45, 7) is 3.89. The number of fused-ring (bicyclic) bond motifs is 1. The molecule has 35 heavy (non-hydrogen) atoms. The van der Waals surface area contributed by atoms with Gasteiger partial charge in [0.25, 0.3) is 11.5 Å². The first-order chi connectivity index (χ1) is 16.8. The number of amides is 1. The maximum absolute atomic E-state index is 13.5. The van der Waals surface area contributed by atoms with Crippen LogP contribution in [0.4, 0.5) is 10.1 Å². The highest BCUT2D eigenvalue weighted by Crippen LogP contribution is 2.38. The van der Waals surface area contributed by atoms with Crippen molar-refractivity contribution in [2.75, 3.05) is 11.9 Å². The van der Waals surface area contributed by atoms with Crippen LogP contribution < -0.4 is 15.6 Å². The van der Waals surface area contributed by atoms with E-state index in [4.69, 9.17) is 4.74 Å². The molecule has 0 aliphatic heterocycles. The maximum Gasteiger partial charge on any atom is 0.274 e. The summed E-state index contributed by atoms with van der Waals surface area (Å²) in [5.74, 6) is 0.641. The number of halogens is 1. The van der Waals surface area contributed by atoms with Crippen molar-refractivity contribution >= 4 is 17.4 Å². The van der Waals surface area contributed by atoms with Crippen LogP contribution in [0.2, 0.25) is 0 Å². The number of carbonyl (C=O) groups is 1. The zero-order valence-corrected chi connectivity index (χ0v) is 19.9. The number of nitrogens with one attached hydrogen (secondary N) is 1. The Bertz CT molecular complexity index is 1290. The number of aromatic nitrogens is 4. The monoisotopic (exact) mass is 483 g/mol. The lowest BCUT2D eigenvalue weighted by molar-refractivity contribution is 0.101. The smallest absolute Gasteiger partial charge is 0.274 e. The Morgan fingerprint density at radius 2 is 2.00 bits per heavy atom. The Balaban J connectivity index is 1.44. The van der Waals surface area contributed by atoms with Crippen molar-refractivity contribution in [1.29, 1.82) is 0 Å². The van der Waals surface area contributed by atoms with E-state index in [1.54, 1.807) is 16.7 Å². The average Bonchev–Trinajstić information content (AvgIpc) is 3.41. The third-order valence-electron chi connectivity index (χ3n) is 6.81. The minimum absolute atomic E-state index is 0.0687. The van der Waals surface area contributed by atoms with Crippen LogP contribution in [0.1, 0.15) is 74.0 Å². The van der Waals surface area contributed by atoms with Crippen molar-refractivity contribution in [2.24, 2.45) is 5.92 Å². The number of aliphatic hydroxyl groups excluding tert-OH is 1. The molecule has 3 aromatic heterocycles. The lowest BCUT2D eigenvalue weighted by Crippen LogP contribution is -2.26. The number of pyridine rings is 1. The highest BCUT2D eigenvalue weighted by atomic mass is 19.1. The molecule has 2 N–H and O–H groups in total. The van der Waals surface area contributed by atoms with E-state index < -0.39 is 23.7 Å². The van der Waals surface area contributed by atoms with E-state index in [1.165, 1.54) is 16.8 Å². The second-order valence-electron chi connectivity index (χ2n) is 9.81. The van der Waals surface area contributed by atoms with Crippen molar-refractivity contribution in [3.05, 3.63) is 52.3 Å². The molecule has 0 spiro atoms. The average molecular weight is 484 g/mol. The van der Waals surface area contributed by atoms with Crippen molar-refractivity contribution in [2.45, 2.75) is 70.2 Å². The molecular weight excluding hydrogens is 453 g/mol. The molecule has 2 unspecified atom stereocenters. The quantitative estimate of drug-likeness (QED) is 0.532. The molecule has 186 valence electrons. The summed E-state index contributed by atoms with van der Waals surface area (Å²) in [6.07, 6.45) is 7.86. The first-order valence-electron chi connectivity index (χ1n) is 12.2. The van der Waals surface area contributed by atoms with E-state index in [0.29, 0.717) is 18.1 Å². The number of rotatable bonds is 7. The number of carbonyl (C=O) groups excluding carboxylic acids is 1. The van der Waals surface area contributed by atoms with Gasteiger partial charge in [-0.1, -0.05) is 0 Å². The normalized spacial score (nSPS) is 24.0. The molecule has 3 heterocycles. The van der Waals surface area contributed by atoms with Gasteiger partial charge in [-0.2, -0.15) is 4.98 Å². The van der Waals surface area contributed by atoms with Gasteiger partial charge < -0.3 is 19.7 Å². The maximum atomic E-state index is 13.5. The van der Waals surface area contributed by atoms with Crippen LogP contribution in [-0.4, -0.2) is 48.8 Å². The van der Waals surface area contributed by atoms with Crippen molar-refractivity contribution in [3.63, 3.8) is 0 Å². The van der Waals surface area contributed by atoms with Gasteiger partial charge in [0.2, 0.25) is 11.7 Å². The van der Waals surface area contributed by atoms with Gasteiger partial charge >= 0.3 is 0 Å². The van der Waals surface area contributed by atoms with Gasteiger partial charge in [0, 0.05) is 37.5 Å². The van der Waals surface area contributed by atoms with Crippen LogP contribution >= 0.6 is 0 Å². The number of imidazole rings is 1. The third kappa shape index (κ3) is 4.80. The number of hydrogen-bond acceptors (Lipinski definition) is 6. The Hall–Kier alpha value is -3.27. The predicted molar refractivity (Wildman–Crippen MR) is 128 cm³/mol. The zero-order chi connectivity index (χ0) is 24.7. The summed E-state index contributed by atoms with van der Waals surface area (Å²) in [6, 6.07) is 2.64. The van der Waals surface area contributed by atoms with Crippen LogP contribution in [0.15, 0.2) is 35.5 Å². The lowest BCUT2D eigenvalue weighted by Gasteiger charge is -2.25. The van der Waals surface area contributed by atoms with Gasteiger partial charge in [-0.15, -0.1) is 0 Å². The molecule has 5 rings (SSSR count). The summed E-state index contributed by atoms with van der Waals surface area (Å²) in [4.78, 5) is 35.2. The molecule has 2 atom stereocenters. The number of alkyl halides is 1. The summed E-state index contributed by atoms with van der Waals surface area (Å²) in [7, 11) is 0. The largest absolute Gasteiger partial charge is 0.474 e. The fraction of sp³-hybridized carbons (Fsp3) is 0.520. The van der Waals surface area contributed by atoms with Gasteiger partial charge in [0.1, 0.15) is 17.4 Å². The summed E-state index contributed by atoms with van der Waals surface area (Å²) < 4.78 is 22.4. The van der Waals surface area contributed by atoms with Gasteiger partial charge in [-0.3, -0.25) is 14.0 Å². The van der Waals surface area contributed by atoms with Gasteiger partial charge in [-0.05, 0) is 57.6 Å². The van der Waals surface area contributed by atoms with Crippen molar-refractivity contribution < 1.29 is 19.0 Å². The molecule has 2 aliphatic rings. The number of ether oxygens (including phenoxy) is 1. The summed E-state index contributed by atoms with van der Waals surface area (Å²) in [5, 5.41) is 12.1. The first-order valence-corrected chi connectivity index (χ1v) is 12.2. The highest BCUT2D eigenvalue weighted by Gasteiger charge is 2.40. The Morgan fingerprint density at radius 3 is 2.66 bits per heavy atom. The van der Waals surface area contributed by atoms with E-state index >= 15 is 0 Å². The second-order valence-corrected chi connectivity index (χ2v) is 9.81. The van der Waals surface area contributed by atoms with Crippen LogP contribution in [-0.2, 0) is 0 Å². The molecule has 0 bridgehead atoms. The van der Waals surface area contributed by atoms with Crippen LogP contribution in [0.3, 0.4) is 0 Å².